The van der Waals surface area contributed by atoms with Crippen molar-refractivity contribution in [1.29, 1.82) is 0 Å². The zero-order chi connectivity index (χ0) is 24.1. The van der Waals surface area contributed by atoms with E-state index < -0.39 is 29.3 Å². The van der Waals surface area contributed by atoms with Gasteiger partial charge in [0.1, 0.15) is 35.5 Å². The highest BCUT2D eigenvalue weighted by atomic mass is 19.1. The van der Waals surface area contributed by atoms with Gasteiger partial charge in [0.25, 0.3) is 5.56 Å². The summed E-state index contributed by atoms with van der Waals surface area (Å²) in [6.45, 7) is 3.85. The van der Waals surface area contributed by atoms with Crippen LogP contribution < -0.4 is 11.3 Å². The maximum atomic E-state index is 14.5. The average molecular weight is 464 g/mol. The maximum Gasteiger partial charge on any atom is 0.261 e. The number of halogens is 2. The fourth-order valence-electron chi connectivity index (χ4n) is 4.61. The second-order valence-corrected chi connectivity index (χ2v) is 8.60. The summed E-state index contributed by atoms with van der Waals surface area (Å²) in [6, 6.07) is 9.69. The third kappa shape index (κ3) is 3.51. The number of benzene rings is 2. The summed E-state index contributed by atoms with van der Waals surface area (Å²) >= 11 is 0. The third-order valence-electron chi connectivity index (χ3n) is 6.01. The summed E-state index contributed by atoms with van der Waals surface area (Å²) in [5.41, 5.74) is 7.11. The van der Waals surface area contributed by atoms with Crippen LogP contribution in [0.1, 0.15) is 31.1 Å². The van der Waals surface area contributed by atoms with E-state index in [1.54, 1.807) is 23.2 Å². The van der Waals surface area contributed by atoms with Crippen molar-refractivity contribution >= 4 is 28.7 Å². The highest BCUT2D eigenvalue weighted by molar-refractivity contribution is 6.17. The minimum atomic E-state index is -0.618. The summed E-state index contributed by atoms with van der Waals surface area (Å²) in [6.07, 6.45) is 0.771. The first-order valence-corrected chi connectivity index (χ1v) is 10.8. The minimum absolute atomic E-state index is 0.0331. The maximum absolute atomic E-state index is 14.5. The summed E-state index contributed by atoms with van der Waals surface area (Å²) in [7, 11) is 0. The molecule has 2 unspecified atom stereocenters. The van der Waals surface area contributed by atoms with Crippen LogP contribution in [0.4, 0.5) is 8.78 Å². The summed E-state index contributed by atoms with van der Waals surface area (Å²) in [4.78, 5) is 21.7. The molecule has 174 valence electrons. The molecule has 3 heterocycles. The number of aromatic nitrogens is 1. The van der Waals surface area contributed by atoms with E-state index in [0.29, 0.717) is 22.4 Å². The summed E-state index contributed by atoms with van der Waals surface area (Å²) < 4.78 is 30.0. The Hall–Kier alpha value is -4.08. The monoisotopic (exact) mass is 464 g/mol. The van der Waals surface area contributed by atoms with Crippen LogP contribution in [0.15, 0.2) is 62.3 Å². The topological polar surface area (TPSA) is 109 Å². The molecule has 34 heavy (non-hydrogen) atoms. The molecule has 0 fully saturated rings. The Labute approximate surface area is 193 Å². The molecule has 2 aliphatic heterocycles. The Kier molecular flexibility index (Phi) is 5.15. The Balaban J connectivity index is 1.64. The fourth-order valence-corrected chi connectivity index (χ4v) is 4.61. The summed E-state index contributed by atoms with van der Waals surface area (Å²) in [5, 5.41) is 16.7. The normalized spacial score (nSPS) is 19.5. The Morgan fingerprint density at radius 2 is 1.97 bits per heavy atom. The molecule has 2 aromatic carbocycles. The van der Waals surface area contributed by atoms with Crippen LogP contribution in [0.2, 0.25) is 0 Å². The lowest BCUT2D eigenvalue weighted by molar-refractivity contribution is 0.207. The average Bonchev–Trinajstić information content (AvgIpc) is 3.12. The summed E-state index contributed by atoms with van der Waals surface area (Å²) in [5.74, 6) is -1.74. The highest BCUT2D eigenvalue weighted by Gasteiger charge is 2.42. The van der Waals surface area contributed by atoms with Gasteiger partial charge in [-0.1, -0.05) is 12.1 Å². The number of hydrogen-bond acceptors (Lipinski definition) is 7. The van der Waals surface area contributed by atoms with Gasteiger partial charge in [0.15, 0.2) is 6.17 Å². The standard InChI is InChI=1S/C24H22F2N6O2/c1-12(2)32-16(7-13-4-3-5-18(26)19(13)24(32)34)10-31-23-20(22(27)28-11-29-23)21(30-31)14-6-15(25)9-17(33)8-14/h3-9,11-12,20,23,33H,10H2,1-2H3,(H2,27,28,29). The Morgan fingerprint density at radius 1 is 1.18 bits per heavy atom. The molecule has 0 amide bonds. The van der Waals surface area contributed by atoms with Crippen molar-refractivity contribution in [3.05, 3.63) is 75.7 Å². The molecule has 0 spiro atoms. The van der Waals surface area contributed by atoms with Crippen molar-refractivity contribution in [2.45, 2.75) is 32.6 Å². The second-order valence-electron chi connectivity index (χ2n) is 8.60. The smallest absolute Gasteiger partial charge is 0.261 e. The number of aliphatic imine (C=N–C) groups is 2. The van der Waals surface area contributed by atoms with E-state index in [4.69, 9.17) is 5.73 Å². The molecule has 2 aliphatic rings. The number of phenols is 1. The predicted octanol–water partition coefficient (Wildman–Crippen LogP) is 3.13. The SMILES string of the molecule is CC(C)n1c(CN2N=C(c3cc(O)cc(F)c3)C3C(N)=NC=NC32)cc2cccc(F)c2c1=O. The van der Waals surface area contributed by atoms with Gasteiger partial charge in [-0.3, -0.25) is 9.80 Å². The van der Waals surface area contributed by atoms with Gasteiger partial charge in [0.2, 0.25) is 0 Å². The molecule has 0 saturated heterocycles. The van der Waals surface area contributed by atoms with E-state index in [9.17, 15) is 18.7 Å². The van der Waals surface area contributed by atoms with Gasteiger partial charge in [0, 0.05) is 23.4 Å². The lowest BCUT2D eigenvalue weighted by atomic mass is 9.93. The van der Waals surface area contributed by atoms with E-state index in [1.807, 2.05) is 13.8 Å². The molecule has 1 aromatic heterocycles. The van der Waals surface area contributed by atoms with Gasteiger partial charge in [-0.15, -0.1) is 0 Å². The zero-order valence-corrected chi connectivity index (χ0v) is 18.5. The Morgan fingerprint density at radius 3 is 2.71 bits per heavy atom. The number of aromatic hydroxyl groups is 1. The zero-order valence-electron chi connectivity index (χ0n) is 18.5. The predicted molar refractivity (Wildman–Crippen MR) is 126 cm³/mol. The van der Waals surface area contributed by atoms with Crippen molar-refractivity contribution in [3.8, 4) is 5.75 Å². The molecule has 0 saturated carbocycles. The lowest BCUT2D eigenvalue weighted by Gasteiger charge is -2.27. The molecular formula is C24H22F2N6O2. The number of amidine groups is 1. The largest absolute Gasteiger partial charge is 0.508 e. The molecule has 0 radical (unpaired) electrons. The van der Waals surface area contributed by atoms with E-state index >= 15 is 0 Å². The molecule has 3 N–H and O–H groups in total. The quantitative estimate of drug-likeness (QED) is 0.618. The number of hydrogen-bond donors (Lipinski definition) is 2. The minimum Gasteiger partial charge on any atom is -0.508 e. The van der Waals surface area contributed by atoms with Crippen molar-refractivity contribution in [1.82, 2.24) is 9.58 Å². The number of nitrogens with two attached hydrogens (primary N) is 1. The first-order chi connectivity index (χ1) is 16.2. The fraction of sp³-hybridized carbons (Fsp3) is 0.250. The van der Waals surface area contributed by atoms with E-state index in [0.717, 1.165) is 6.07 Å². The third-order valence-corrected chi connectivity index (χ3v) is 6.01. The van der Waals surface area contributed by atoms with Crippen LogP contribution in [-0.2, 0) is 6.54 Å². The Bertz CT molecular complexity index is 1440. The molecule has 0 aliphatic carbocycles. The van der Waals surface area contributed by atoms with Gasteiger partial charge >= 0.3 is 0 Å². The van der Waals surface area contributed by atoms with Gasteiger partial charge in [-0.2, -0.15) is 5.10 Å². The molecule has 5 rings (SSSR count). The molecule has 10 heteroatoms. The van der Waals surface area contributed by atoms with Crippen LogP contribution in [0.5, 0.6) is 5.75 Å². The number of pyridine rings is 1. The number of fused-ring (bicyclic) bond motifs is 2. The first-order valence-electron chi connectivity index (χ1n) is 10.8. The van der Waals surface area contributed by atoms with E-state index in [1.165, 1.54) is 29.1 Å². The van der Waals surface area contributed by atoms with Crippen molar-refractivity contribution in [3.63, 3.8) is 0 Å². The van der Waals surface area contributed by atoms with Crippen molar-refractivity contribution in [2.24, 2.45) is 26.7 Å². The molecular weight excluding hydrogens is 442 g/mol. The first kappa shape index (κ1) is 21.7. The van der Waals surface area contributed by atoms with Crippen LogP contribution in [0.3, 0.4) is 0 Å². The van der Waals surface area contributed by atoms with Crippen molar-refractivity contribution < 1.29 is 13.9 Å². The highest BCUT2D eigenvalue weighted by Crippen LogP contribution is 2.32. The van der Waals surface area contributed by atoms with Crippen LogP contribution in [-0.4, -0.2) is 38.7 Å². The number of phenolic OH excluding ortho intramolecular Hbond substituents is 1. The van der Waals surface area contributed by atoms with E-state index in [2.05, 4.69) is 15.1 Å². The van der Waals surface area contributed by atoms with E-state index in [-0.39, 0.29) is 29.6 Å². The van der Waals surface area contributed by atoms with Crippen molar-refractivity contribution in [2.75, 3.05) is 0 Å². The number of rotatable bonds is 4. The van der Waals surface area contributed by atoms with Crippen LogP contribution in [0, 0.1) is 17.6 Å². The number of nitrogens with zero attached hydrogens (tertiary/aromatic N) is 5. The molecule has 0 bridgehead atoms. The van der Waals surface area contributed by atoms with Gasteiger partial charge < -0.3 is 15.4 Å². The molecule has 3 aromatic rings. The second kappa shape index (κ2) is 8.05. The molecule has 2 atom stereocenters. The van der Waals surface area contributed by atoms with Gasteiger partial charge in [-0.25, -0.2) is 18.8 Å². The van der Waals surface area contributed by atoms with Crippen LogP contribution >= 0.6 is 0 Å². The number of hydrazone groups is 1. The van der Waals surface area contributed by atoms with Gasteiger partial charge in [-0.05, 0) is 43.5 Å². The molecule has 8 nitrogen and oxygen atoms in total. The van der Waals surface area contributed by atoms with Crippen LogP contribution in [0.25, 0.3) is 10.8 Å². The lowest BCUT2D eigenvalue weighted by Crippen LogP contribution is -2.42. The van der Waals surface area contributed by atoms with Gasteiger partial charge in [0.05, 0.1) is 17.6 Å².